The fourth-order valence-electron chi connectivity index (χ4n) is 3.76. The van der Waals surface area contributed by atoms with Crippen molar-refractivity contribution in [1.29, 1.82) is 0 Å². The minimum absolute atomic E-state index is 0.601. The van der Waals surface area contributed by atoms with Crippen LogP contribution in [0.4, 0.5) is 0 Å². The molecule has 1 heterocycles. The Kier molecular flexibility index (Phi) is 4.13. The van der Waals surface area contributed by atoms with E-state index in [0.29, 0.717) is 5.92 Å². The molecule has 0 radical (unpaired) electrons. The maximum atomic E-state index is 11.3. The number of nitrogens with zero attached hydrogens (tertiary/aromatic N) is 1. The normalized spacial score (nSPS) is 28.9. The first-order valence-corrected chi connectivity index (χ1v) is 8.27. The number of benzene rings is 1. The van der Waals surface area contributed by atoms with Crippen molar-refractivity contribution in [2.75, 3.05) is 19.6 Å². The second-order valence-electron chi connectivity index (χ2n) is 6.53. The first kappa shape index (κ1) is 14.1. The van der Waals surface area contributed by atoms with Crippen LogP contribution in [0.5, 0.6) is 0 Å². The fourth-order valence-corrected chi connectivity index (χ4v) is 3.76. The SMILES string of the molecule is CCN1CCCC(O)(c2ccccc2C2CCC2)CC1. The van der Waals surface area contributed by atoms with Gasteiger partial charge >= 0.3 is 0 Å². The lowest BCUT2D eigenvalue weighted by atomic mass is 9.73. The van der Waals surface area contributed by atoms with Crippen molar-refractivity contribution in [2.24, 2.45) is 0 Å². The van der Waals surface area contributed by atoms with E-state index in [2.05, 4.69) is 36.1 Å². The molecule has 2 aliphatic rings. The number of likely N-dealkylation sites (tertiary alicyclic amines) is 1. The lowest BCUT2D eigenvalue weighted by molar-refractivity contribution is 0.0198. The topological polar surface area (TPSA) is 23.5 Å². The van der Waals surface area contributed by atoms with Crippen LogP contribution in [0.2, 0.25) is 0 Å². The molecule has 2 nitrogen and oxygen atoms in total. The molecule has 1 unspecified atom stereocenters. The van der Waals surface area contributed by atoms with Crippen molar-refractivity contribution in [3.05, 3.63) is 35.4 Å². The molecule has 1 aromatic rings. The molecule has 1 aromatic carbocycles. The van der Waals surface area contributed by atoms with Crippen molar-refractivity contribution in [3.8, 4) is 0 Å². The van der Waals surface area contributed by atoms with Gasteiger partial charge in [-0.25, -0.2) is 0 Å². The summed E-state index contributed by atoms with van der Waals surface area (Å²) in [5.74, 6) is 0.695. The van der Waals surface area contributed by atoms with Crippen LogP contribution in [0.25, 0.3) is 0 Å². The Hall–Kier alpha value is -0.860. The van der Waals surface area contributed by atoms with E-state index in [1.54, 1.807) is 0 Å². The van der Waals surface area contributed by atoms with Crippen molar-refractivity contribution < 1.29 is 5.11 Å². The van der Waals surface area contributed by atoms with E-state index < -0.39 is 5.60 Å². The summed E-state index contributed by atoms with van der Waals surface area (Å²) in [5.41, 5.74) is 2.05. The molecule has 0 bridgehead atoms. The summed E-state index contributed by atoms with van der Waals surface area (Å²) in [6.07, 6.45) is 6.84. The lowest BCUT2D eigenvalue weighted by Crippen LogP contribution is -2.31. The van der Waals surface area contributed by atoms with Crippen LogP contribution in [0.3, 0.4) is 0 Å². The monoisotopic (exact) mass is 273 g/mol. The van der Waals surface area contributed by atoms with E-state index in [9.17, 15) is 5.11 Å². The van der Waals surface area contributed by atoms with E-state index in [4.69, 9.17) is 0 Å². The van der Waals surface area contributed by atoms with Crippen LogP contribution < -0.4 is 0 Å². The van der Waals surface area contributed by atoms with Gasteiger partial charge in [-0.3, -0.25) is 0 Å². The maximum absolute atomic E-state index is 11.3. The highest BCUT2D eigenvalue weighted by molar-refractivity contribution is 5.36. The second-order valence-corrected chi connectivity index (χ2v) is 6.53. The minimum Gasteiger partial charge on any atom is -0.385 e. The van der Waals surface area contributed by atoms with Crippen LogP contribution in [0.15, 0.2) is 24.3 Å². The van der Waals surface area contributed by atoms with Crippen molar-refractivity contribution >= 4 is 0 Å². The smallest absolute Gasteiger partial charge is 0.0912 e. The highest BCUT2D eigenvalue weighted by atomic mass is 16.3. The zero-order chi connectivity index (χ0) is 14.0. The lowest BCUT2D eigenvalue weighted by Gasteiger charge is -2.35. The minimum atomic E-state index is -0.601. The van der Waals surface area contributed by atoms with Gasteiger partial charge < -0.3 is 10.0 Å². The first-order chi connectivity index (χ1) is 9.73. The average Bonchev–Trinajstić information content (AvgIpc) is 2.60. The summed E-state index contributed by atoms with van der Waals surface area (Å²) in [7, 11) is 0. The Morgan fingerprint density at radius 3 is 2.65 bits per heavy atom. The molecule has 1 atom stereocenters. The van der Waals surface area contributed by atoms with Crippen LogP contribution >= 0.6 is 0 Å². The molecule has 1 aliphatic carbocycles. The summed E-state index contributed by atoms with van der Waals surface area (Å²) < 4.78 is 0. The average molecular weight is 273 g/mol. The van der Waals surface area contributed by atoms with Gasteiger partial charge in [-0.15, -0.1) is 0 Å². The van der Waals surface area contributed by atoms with Gasteiger partial charge in [0.2, 0.25) is 0 Å². The van der Waals surface area contributed by atoms with Crippen molar-refractivity contribution in [3.63, 3.8) is 0 Å². The molecule has 1 N–H and O–H groups in total. The van der Waals surface area contributed by atoms with Crippen LogP contribution in [0, 0.1) is 0 Å². The van der Waals surface area contributed by atoms with E-state index in [1.807, 2.05) is 0 Å². The maximum Gasteiger partial charge on any atom is 0.0912 e. The van der Waals surface area contributed by atoms with Gasteiger partial charge in [0, 0.05) is 6.54 Å². The Bertz CT molecular complexity index is 454. The Morgan fingerprint density at radius 1 is 1.15 bits per heavy atom. The second kappa shape index (κ2) is 5.87. The third kappa shape index (κ3) is 2.64. The predicted molar refractivity (Wildman–Crippen MR) is 82.9 cm³/mol. The first-order valence-electron chi connectivity index (χ1n) is 8.27. The molecule has 3 rings (SSSR count). The van der Waals surface area contributed by atoms with Gasteiger partial charge in [0.1, 0.15) is 0 Å². The largest absolute Gasteiger partial charge is 0.385 e. The highest BCUT2D eigenvalue weighted by Gasteiger charge is 2.35. The molecular formula is C18H27NO. The molecule has 0 amide bonds. The molecule has 0 spiro atoms. The molecule has 20 heavy (non-hydrogen) atoms. The molecule has 110 valence electrons. The molecule has 2 heteroatoms. The quantitative estimate of drug-likeness (QED) is 0.908. The third-order valence-corrected chi connectivity index (χ3v) is 5.36. The van der Waals surface area contributed by atoms with E-state index in [1.165, 1.54) is 30.4 Å². The predicted octanol–water partition coefficient (Wildman–Crippen LogP) is 3.65. The van der Waals surface area contributed by atoms with Gasteiger partial charge in [0.25, 0.3) is 0 Å². The van der Waals surface area contributed by atoms with Crippen LogP contribution in [-0.4, -0.2) is 29.6 Å². The van der Waals surface area contributed by atoms with Gasteiger partial charge in [-0.2, -0.15) is 0 Å². The zero-order valence-electron chi connectivity index (χ0n) is 12.6. The standard InChI is InChI=1S/C18H27NO/c1-2-19-13-6-11-18(20,12-14-19)17-10-4-3-9-16(17)15-7-5-8-15/h3-4,9-10,15,20H,2,5-8,11-14H2,1H3. The van der Waals surface area contributed by atoms with E-state index in [-0.39, 0.29) is 0 Å². The van der Waals surface area contributed by atoms with E-state index in [0.717, 1.165) is 38.9 Å². The highest BCUT2D eigenvalue weighted by Crippen LogP contribution is 2.43. The molecule has 1 saturated heterocycles. The van der Waals surface area contributed by atoms with E-state index >= 15 is 0 Å². The fraction of sp³-hybridized carbons (Fsp3) is 0.667. The summed E-state index contributed by atoms with van der Waals surface area (Å²) in [6.45, 7) is 5.46. The van der Waals surface area contributed by atoms with Crippen LogP contribution in [0.1, 0.15) is 62.5 Å². The molecule has 1 aliphatic heterocycles. The Morgan fingerprint density at radius 2 is 1.95 bits per heavy atom. The summed E-state index contributed by atoms with van der Waals surface area (Å²) in [6, 6.07) is 8.66. The van der Waals surface area contributed by atoms with Crippen molar-refractivity contribution in [2.45, 2.75) is 57.0 Å². The summed E-state index contributed by atoms with van der Waals surface area (Å²) >= 11 is 0. The number of hydrogen-bond donors (Lipinski definition) is 1. The van der Waals surface area contributed by atoms with Gasteiger partial charge in [0.15, 0.2) is 0 Å². The third-order valence-electron chi connectivity index (χ3n) is 5.36. The Labute approximate surface area is 122 Å². The summed E-state index contributed by atoms with van der Waals surface area (Å²) in [5, 5.41) is 11.3. The number of hydrogen-bond acceptors (Lipinski definition) is 2. The van der Waals surface area contributed by atoms with Gasteiger partial charge in [-0.1, -0.05) is 37.6 Å². The molecule has 1 saturated carbocycles. The Balaban J connectivity index is 1.87. The van der Waals surface area contributed by atoms with Gasteiger partial charge in [-0.05, 0) is 62.2 Å². The van der Waals surface area contributed by atoms with Crippen LogP contribution in [-0.2, 0) is 5.60 Å². The van der Waals surface area contributed by atoms with Gasteiger partial charge in [0.05, 0.1) is 5.60 Å². The number of aliphatic hydroxyl groups is 1. The molecular weight excluding hydrogens is 246 g/mol. The molecule has 0 aromatic heterocycles. The van der Waals surface area contributed by atoms with Crippen molar-refractivity contribution in [1.82, 2.24) is 4.90 Å². The number of rotatable bonds is 3. The summed E-state index contributed by atoms with van der Waals surface area (Å²) in [4.78, 5) is 2.46. The zero-order valence-corrected chi connectivity index (χ0v) is 12.6. The molecule has 2 fully saturated rings.